The topological polar surface area (TPSA) is 78.9 Å². The van der Waals surface area contributed by atoms with Gasteiger partial charge in [-0.3, -0.25) is 14.4 Å². The van der Waals surface area contributed by atoms with E-state index in [4.69, 9.17) is 14.2 Å². The van der Waals surface area contributed by atoms with Crippen LogP contribution in [-0.2, 0) is 28.6 Å². The number of carbonyl (C=O) groups excluding carboxylic acids is 3. The van der Waals surface area contributed by atoms with Crippen LogP contribution in [0.3, 0.4) is 0 Å². The Bertz CT molecular complexity index is 1230. The summed E-state index contributed by atoms with van der Waals surface area (Å²) in [5, 5.41) is 0. The highest BCUT2D eigenvalue weighted by Crippen LogP contribution is 2.16. The van der Waals surface area contributed by atoms with Crippen LogP contribution < -0.4 is 0 Å². The lowest BCUT2D eigenvalue weighted by Crippen LogP contribution is -2.30. The average molecular weight is 952 g/mol. The molecule has 0 aromatic carbocycles. The Hall–Kier alpha value is -2.89. The molecule has 0 rings (SSSR count). The van der Waals surface area contributed by atoms with E-state index >= 15 is 0 Å². The first-order valence-corrected chi connectivity index (χ1v) is 29.3. The Labute approximate surface area is 421 Å². The molecule has 0 spiro atoms. The van der Waals surface area contributed by atoms with Crippen molar-refractivity contribution in [3.8, 4) is 0 Å². The molecule has 0 aromatic rings. The number of allylic oxidation sites excluding steroid dienone is 10. The third kappa shape index (κ3) is 54.1. The van der Waals surface area contributed by atoms with Gasteiger partial charge in [0, 0.05) is 19.3 Å². The molecule has 0 aliphatic heterocycles. The van der Waals surface area contributed by atoms with Gasteiger partial charge in [-0.15, -0.1) is 0 Å². The Morgan fingerprint density at radius 3 is 0.912 bits per heavy atom. The highest BCUT2D eigenvalue weighted by molar-refractivity contribution is 5.71. The fourth-order valence-corrected chi connectivity index (χ4v) is 8.37. The SMILES string of the molecule is CC/C=C\C/C=C\C/C=C\C/C=C\CCCCCCCCCCCCC(=O)OCC(COC(=O)CCCCCCCCCC)OC(=O)CCCCCCCCCCC/C=C\CCCCCCCC. The summed E-state index contributed by atoms with van der Waals surface area (Å²) in [6, 6.07) is 0. The molecule has 68 heavy (non-hydrogen) atoms. The Kier molecular flexibility index (Phi) is 54.3. The third-order valence-electron chi connectivity index (χ3n) is 12.8. The normalized spacial score (nSPS) is 12.5. The molecule has 6 nitrogen and oxygen atoms in total. The lowest BCUT2D eigenvalue weighted by Gasteiger charge is -2.18. The molecule has 0 aliphatic carbocycles. The predicted octanol–water partition coefficient (Wildman–Crippen LogP) is 19.6. The Morgan fingerprint density at radius 2 is 0.574 bits per heavy atom. The van der Waals surface area contributed by atoms with Crippen LogP contribution in [-0.4, -0.2) is 37.2 Å². The monoisotopic (exact) mass is 951 g/mol. The van der Waals surface area contributed by atoms with Crippen molar-refractivity contribution in [2.75, 3.05) is 13.2 Å². The minimum Gasteiger partial charge on any atom is -0.462 e. The molecule has 0 radical (unpaired) electrons. The summed E-state index contributed by atoms with van der Waals surface area (Å²) in [5.74, 6) is -0.873. The Morgan fingerprint density at radius 1 is 0.309 bits per heavy atom. The number of esters is 3. The molecule has 1 unspecified atom stereocenters. The van der Waals surface area contributed by atoms with E-state index in [1.807, 2.05) is 0 Å². The average Bonchev–Trinajstić information content (AvgIpc) is 3.34. The molecule has 1 atom stereocenters. The van der Waals surface area contributed by atoms with Crippen molar-refractivity contribution in [2.24, 2.45) is 0 Å². The number of hydrogen-bond acceptors (Lipinski definition) is 6. The minimum atomic E-state index is -0.774. The maximum absolute atomic E-state index is 12.8. The molecule has 0 bridgehead atoms. The number of hydrogen-bond donors (Lipinski definition) is 0. The van der Waals surface area contributed by atoms with E-state index < -0.39 is 6.10 Å². The van der Waals surface area contributed by atoms with Gasteiger partial charge in [0.15, 0.2) is 6.10 Å². The molecule has 6 heteroatoms. The summed E-state index contributed by atoms with van der Waals surface area (Å²) >= 11 is 0. The molecule has 0 heterocycles. The Balaban J connectivity index is 4.21. The van der Waals surface area contributed by atoms with Crippen LogP contribution >= 0.6 is 0 Å². The van der Waals surface area contributed by atoms with Crippen molar-refractivity contribution in [3.63, 3.8) is 0 Å². The van der Waals surface area contributed by atoms with E-state index in [1.54, 1.807) is 0 Å². The fourth-order valence-electron chi connectivity index (χ4n) is 8.37. The summed E-state index contributed by atoms with van der Waals surface area (Å²) in [4.78, 5) is 38.0. The smallest absolute Gasteiger partial charge is 0.306 e. The van der Waals surface area contributed by atoms with Crippen LogP contribution in [0.4, 0.5) is 0 Å². The highest BCUT2D eigenvalue weighted by atomic mass is 16.6. The zero-order chi connectivity index (χ0) is 49.3. The number of carbonyl (C=O) groups is 3. The standard InChI is InChI=1S/C62H110O6/c1-4-7-10-13-16-19-21-23-25-27-29-30-31-32-34-35-37-39-41-43-46-49-52-55-61(64)67-58-59(57-66-60(63)54-51-48-45-18-15-12-9-6-3)68-62(65)56-53-50-47-44-42-40-38-36-33-28-26-24-22-20-17-14-11-8-5-2/h7,10,16,19,23-26,29-30,59H,4-6,8-9,11-15,17-18,20-22,27-28,31-58H2,1-3H3/b10-7-,19-16-,25-23-,26-24-,30-29-. The molecule has 0 amide bonds. The predicted molar refractivity (Wildman–Crippen MR) is 293 cm³/mol. The highest BCUT2D eigenvalue weighted by Gasteiger charge is 2.19. The summed E-state index contributed by atoms with van der Waals surface area (Å²) in [6.07, 6.45) is 70.8. The maximum Gasteiger partial charge on any atom is 0.306 e. The van der Waals surface area contributed by atoms with E-state index in [0.29, 0.717) is 19.3 Å². The van der Waals surface area contributed by atoms with Gasteiger partial charge in [-0.25, -0.2) is 0 Å². The quantitative estimate of drug-likeness (QED) is 0.0262. The number of rotatable bonds is 53. The lowest BCUT2D eigenvalue weighted by atomic mass is 10.0. The van der Waals surface area contributed by atoms with Gasteiger partial charge in [0.25, 0.3) is 0 Å². The summed E-state index contributed by atoms with van der Waals surface area (Å²) < 4.78 is 16.8. The largest absolute Gasteiger partial charge is 0.462 e. The second-order valence-corrected chi connectivity index (χ2v) is 19.5. The molecule has 0 aromatic heterocycles. The molecular formula is C62H110O6. The van der Waals surface area contributed by atoms with E-state index in [0.717, 1.165) is 83.5 Å². The molecule has 0 fully saturated rings. The van der Waals surface area contributed by atoms with Crippen molar-refractivity contribution in [3.05, 3.63) is 60.8 Å². The van der Waals surface area contributed by atoms with Crippen molar-refractivity contribution >= 4 is 17.9 Å². The number of ether oxygens (including phenoxy) is 3. The first-order chi connectivity index (χ1) is 33.5. The van der Waals surface area contributed by atoms with Crippen molar-refractivity contribution in [1.82, 2.24) is 0 Å². The molecule has 0 saturated carbocycles. The van der Waals surface area contributed by atoms with E-state index in [-0.39, 0.29) is 31.1 Å². The van der Waals surface area contributed by atoms with Crippen LogP contribution in [0.15, 0.2) is 60.8 Å². The number of unbranched alkanes of at least 4 members (excludes halogenated alkanes) is 32. The van der Waals surface area contributed by atoms with Gasteiger partial charge in [0.1, 0.15) is 13.2 Å². The van der Waals surface area contributed by atoms with E-state index in [9.17, 15) is 14.4 Å². The van der Waals surface area contributed by atoms with Crippen molar-refractivity contribution < 1.29 is 28.6 Å². The lowest BCUT2D eigenvalue weighted by molar-refractivity contribution is -0.167. The van der Waals surface area contributed by atoms with E-state index in [1.165, 1.54) is 173 Å². The summed E-state index contributed by atoms with van der Waals surface area (Å²) in [6.45, 7) is 6.52. The van der Waals surface area contributed by atoms with Gasteiger partial charge < -0.3 is 14.2 Å². The molecule has 0 aliphatic rings. The summed E-state index contributed by atoms with van der Waals surface area (Å²) in [7, 11) is 0. The maximum atomic E-state index is 12.8. The van der Waals surface area contributed by atoms with Gasteiger partial charge in [0.2, 0.25) is 0 Å². The van der Waals surface area contributed by atoms with Gasteiger partial charge in [-0.1, -0.05) is 255 Å². The fraction of sp³-hybridized carbons (Fsp3) is 0.790. The van der Waals surface area contributed by atoms with Gasteiger partial charge >= 0.3 is 17.9 Å². The van der Waals surface area contributed by atoms with Crippen LogP contribution in [0.5, 0.6) is 0 Å². The van der Waals surface area contributed by atoms with Gasteiger partial charge in [-0.05, 0) is 83.5 Å². The minimum absolute atomic E-state index is 0.0738. The second-order valence-electron chi connectivity index (χ2n) is 19.5. The zero-order valence-electron chi connectivity index (χ0n) is 45.1. The van der Waals surface area contributed by atoms with Crippen molar-refractivity contribution in [2.45, 2.75) is 303 Å². The van der Waals surface area contributed by atoms with Crippen molar-refractivity contribution in [1.29, 1.82) is 0 Å². The first-order valence-electron chi connectivity index (χ1n) is 29.3. The molecule has 394 valence electrons. The third-order valence-corrected chi connectivity index (χ3v) is 12.8. The van der Waals surface area contributed by atoms with Crippen LogP contribution in [0.25, 0.3) is 0 Å². The van der Waals surface area contributed by atoms with Gasteiger partial charge in [-0.2, -0.15) is 0 Å². The molecule has 0 saturated heterocycles. The van der Waals surface area contributed by atoms with Crippen LogP contribution in [0, 0.1) is 0 Å². The van der Waals surface area contributed by atoms with Gasteiger partial charge in [0.05, 0.1) is 0 Å². The first kappa shape index (κ1) is 65.1. The molecule has 0 N–H and O–H groups in total. The zero-order valence-corrected chi connectivity index (χ0v) is 45.1. The summed E-state index contributed by atoms with van der Waals surface area (Å²) in [5.41, 5.74) is 0. The van der Waals surface area contributed by atoms with Crippen LogP contribution in [0.2, 0.25) is 0 Å². The second kappa shape index (κ2) is 56.7. The molecular weight excluding hydrogens is 841 g/mol. The van der Waals surface area contributed by atoms with Crippen LogP contribution in [0.1, 0.15) is 297 Å². The van der Waals surface area contributed by atoms with E-state index in [2.05, 4.69) is 81.5 Å².